The molecule has 5 rings (SSSR count). The van der Waals surface area contributed by atoms with Crippen molar-refractivity contribution in [3.63, 3.8) is 0 Å². The van der Waals surface area contributed by atoms with E-state index in [9.17, 15) is 19.2 Å². The third-order valence-corrected chi connectivity index (χ3v) is 7.20. The quantitative estimate of drug-likeness (QED) is 0.195. The molecule has 2 amide bonds. The fraction of sp³-hybridized carbons (Fsp3) is 0.226. The molecule has 0 unspecified atom stereocenters. The molecule has 0 radical (unpaired) electrons. The van der Waals surface area contributed by atoms with Crippen LogP contribution in [-0.2, 0) is 14.3 Å². The van der Waals surface area contributed by atoms with Gasteiger partial charge in [0, 0.05) is 11.1 Å². The maximum absolute atomic E-state index is 13.5. The van der Waals surface area contributed by atoms with Crippen LogP contribution in [0.15, 0.2) is 84.9 Å². The summed E-state index contributed by atoms with van der Waals surface area (Å²) < 4.78 is 5.79. The first-order valence-corrected chi connectivity index (χ1v) is 12.4. The molecule has 0 aromatic heterocycles. The first-order valence-electron chi connectivity index (χ1n) is 12.4. The van der Waals surface area contributed by atoms with E-state index in [1.807, 2.05) is 38.1 Å². The molecule has 2 aliphatic rings. The Labute approximate surface area is 215 Å². The number of hydrogen-bond donors (Lipinski definition) is 0. The van der Waals surface area contributed by atoms with E-state index >= 15 is 0 Å². The van der Waals surface area contributed by atoms with Crippen LogP contribution in [-0.4, -0.2) is 23.6 Å². The Bertz CT molecular complexity index is 1400. The standard InChI is InChI=1S/C31H27NO5/c1-19-15-16-22(17-20(19)2)27(33)28(21-9-4-3-5-10-21)37-31(36)23-11-8-12-24(18-23)32-29(34)25-13-6-7-14-26(25)30(32)35/h3-12,15-18,25-26,28H,13-14H2,1-2H3/t25-,26+,28-/m0/s1. The zero-order valence-electron chi connectivity index (χ0n) is 20.7. The van der Waals surface area contributed by atoms with Gasteiger partial charge in [0.15, 0.2) is 6.10 Å². The van der Waals surface area contributed by atoms with Gasteiger partial charge in [0.1, 0.15) is 0 Å². The highest BCUT2D eigenvalue weighted by Gasteiger charge is 2.47. The Hall–Kier alpha value is -4.32. The molecule has 0 N–H and O–H groups in total. The van der Waals surface area contributed by atoms with E-state index in [1.165, 1.54) is 11.0 Å². The van der Waals surface area contributed by atoms with Crippen molar-refractivity contribution in [3.8, 4) is 0 Å². The van der Waals surface area contributed by atoms with Crippen molar-refractivity contribution >= 4 is 29.3 Å². The van der Waals surface area contributed by atoms with Crippen LogP contribution in [0, 0.1) is 25.7 Å². The van der Waals surface area contributed by atoms with Crippen LogP contribution in [0.25, 0.3) is 0 Å². The molecule has 186 valence electrons. The normalized spacial score (nSPS) is 19.5. The number of rotatable bonds is 6. The van der Waals surface area contributed by atoms with Gasteiger partial charge in [0.2, 0.25) is 17.6 Å². The molecule has 0 spiro atoms. The molecule has 0 saturated carbocycles. The predicted molar refractivity (Wildman–Crippen MR) is 139 cm³/mol. The molecule has 1 aliphatic heterocycles. The number of hydrogen-bond acceptors (Lipinski definition) is 5. The topological polar surface area (TPSA) is 80.8 Å². The molecule has 1 aliphatic carbocycles. The maximum atomic E-state index is 13.5. The van der Waals surface area contributed by atoms with Crippen LogP contribution in [0.5, 0.6) is 0 Å². The summed E-state index contributed by atoms with van der Waals surface area (Å²) in [4.78, 5) is 54.0. The third kappa shape index (κ3) is 4.62. The van der Waals surface area contributed by atoms with Crippen LogP contribution in [0.4, 0.5) is 5.69 Å². The smallest absolute Gasteiger partial charge is 0.339 e. The average molecular weight is 494 g/mol. The number of carbonyl (C=O) groups is 4. The van der Waals surface area contributed by atoms with E-state index in [0.717, 1.165) is 11.1 Å². The van der Waals surface area contributed by atoms with Crippen molar-refractivity contribution in [1.29, 1.82) is 0 Å². The van der Waals surface area contributed by atoms with Gasteiger partial charge in [0.25, 0.3) is 0 Å². The fourth-order valence-electron chi connectivity index (χ4n) is 4.95. The van der Waals surface area contributed by atoms with Gasteiger partial charge < -0.3 is 4.74 Å². The third-order valence-electron chi connectivity index (χ3n) is 7.20. The van der Waals surface area contributed by atoms with E-state index in [-0.39, 0.29) is 35.0 Å². The summed E-state index contributed by atoms with van der Waals surface area (Å²) in [6, 6.07) is 20.5. The van der Waals surface area contributed by atoms with Crippen LogP contribution in [0.2, 0.25) is 0 Å². The highest BCUT2D eigenvalue weighted by atomic mass is 16.5. The van der Waals surface area contributed by atoms with Gasteiger partial charge in [-0.1, -0.05) is 60.7 Å². The van der Waals surface area contributed by atoms with Crippen LogP contribution < -0.4 is 4.90 Å². The number of Topliss-reactive ketones (excluding diaryl/α,β-unsaturated/α-hetero) is 1. The fourth-order valence-corrected chi connectivity index (χ4v) is 4.95. The van der Waals surface area contributed by atoms with E-state index in [0.29, 0.717) is 29.7 Å². The highest BCUT2D eigenvalue weighted by Crippen LogP contribution is 2.38. The van der Waals surface area contributed by atoms with Gasteiger partial charge in [0.05, 0.1) is 23.1 Å². The number of nitrogens with zero attached hydrogens (tertiary/aromatic N) is 1. The van der Waals surface area contributed by atoms with E-state index in [1.54, 1.807) is 54.6 Å². The minimum absolute atomic E-state index is 0.153. The number of carbonyl (C=O) groups excluding carboxylic acids is 4. The summed E-state index contributed by atoms with van der Waals surface area (Å²) in [7, 11) is 0. The van der Waals surface area contributed by atoms with Crippen molar-refractivity contribution in [2.24, 2.45) is 11.8 Å². The Morgan fingerprint density at radius 1 is 0.784 bits per heavy atom. The van der Waals surface area contributed by atoms with Crippen LogP contribution in [0.3, 0.4) is 0 Å². The monoisotopic (exact) mass is 493 g/mol. The number of aryl methyl sites for hydroxylation is 2. The number of amides is 2. The van der Waals surface area contributed by atoms with Crippen molar-refractivity contribution in [2.75, 3.05) is 4.90 Å². The second-order valence-electron chi connectivity index (χ2n) is 9.58. The first kappa shape index (κ1) is 24.4. The number of imide groups is 1. The number of benzene rings is 3. The molecule has 3 atom stereocenters. The minimum Gasteiger partial charge on any atom is -0.445 e. The molecule has 1 heterocycles. The lowest BCUT2D eigenvalue weighted by atomic mass is 9.85. The Balaban J connectivity index is 1.43. The lowest BCUT2D eigenvalue weighted by Gasteiger charge is -2.19. The molecule has 6 heteroatoms. The molecule has 0 bridgehead atoms. The van der Waals surface area contributed by atoms with Crippen molar-refractivity contribution in [3.05, 3.63) is 113 Å². The Kier molecular flexibility index (Phi) is 6.57. The molecular weight excluding hydrogens is 466 g/mol. The minimum atomic E-state index is -1.15. The summed E-state index contributed by atoms with van der Waals surface area (Å²) >= 11 is 0. The number of anilines is 1. The molecule has 1 saturated heterocycles. The lowest BCUT2D eigenvalue weighted by molar-refractivity contribution is -0.122. The van der Waals surface area contributed by atoms with E-state index in [2.05, 4.69) is 0 Å². The number of ether oxygens (including phenoxy) is 1. The predicted octanol–water partition coefficient (Wildman–Crippen LogP) is 5.54. The summed E-state index contributed by atoms with van der Waals surface area (Å²) in [6.45, 7) is 3.89. The molecule has 6 nitrogen and oxygen atoms in total. The first-order chi connectivity index (χ1) is 17.8. The molecule has 3 aromatic rings. The molecule has 3 aromatic carbocycles. The van der Waals surface area contributed by atoms with E-state index in [4.69, 9.17) is 4.74 Å². The molecular formula is C31H27NO5. The Morgan fingerprint density at radius 2 is 1.46 bits per heavy atom. The largest absolute Gasteiger partial charge is 0.445 e. The highest BCUT2D eigenvalue weighted by molar-refractivity contribution is 6.22. The maximum Gasteiger partial charge on any atom is 0.339 e. The van der Waals surface area contributed by atoms with Crippen molar-refractivity contribution < 1.29 is 23.9 Å². The summed E-state index contributed by atoms with van der Waals surface area (Å²) in [6.07, 6.45) is 3.78. The average Bonchev–Trinajstić information content (AvgIpc) is 3.18. The summed E-state index contributed by atoms with van der Waals surface area (Å²) in [5.41, 5.74) is 3.51. The number of esters is 1. The van der Waals surface area contributed by atoms with Gasteiger partial charge in [-0.2, -0.15) is 0 Å². The number of ketones is 1. The van der Waals surface area contributed by atoms with Crippen LogP contribution >= 0.6 is 0 Å². The number of fused-ring (bicyclic) bond motifs is 1. The molecule has 37 heavy (non-hydrogen) atoms. The summed E-state index contributed by atoms with van der Waals surface area (Å²) in [5, 5.41) is 0. The van der Waals surface area contributed by atoms with Gasteiger partial charge in [-0.15, -0.1) is 0 Å². The second-order valence-corrected chi connectivity index (χ2v) is 9.58. The van der Waals surface area contributed by atoms with Gasteiger partial charge in [-0.3, -0.25) is 19.3 Å². The van der Waals surface area contributed by atoms with Crippen LogP contribution in [0.1, 0.15) is 56.4 Å². The van der Waals surface area contributed by atoms with Gasteiger partial charge in [-0.25, -0.2) is 4.79 Å². The number of allylic oxidation sites excluding steroid dienone is 2. The van der Waals surface area contributed by atoms with E-state index < -0.39 is 12.1 Å². The zero-order valence-corrected chi connectivity index (χ0v) is 20.7. The van der Waals surface area contributed by atoms with Crippen molar-refractivity contribution in [2.45, 2.75) is 32.8 Å². The zero-order chi connectivity index (χ0) is 26.1. The Morgan fingerprint density at radius 3 is 2.11 bits per heavy atom. The second kappa shape index (κ2) is 9.97. The van der Waals surface area contributed by atoms with Gasteiger partial charge in [-0.05, 0) is 62.1 Å². The molecule has 1 fully saturated rings. The van der Waals surface area contributed by atoms with Crippen molar-refractivity contribution in [1.82, 2.24) is 0 Å². The SMILES string of the molecule is Cc1ccc(C(=O)[C@@H](OC(=O)c2cccc(N3C(=O)[C@H]4CC=CC[C@H]4C3=O)c2)c2ccccc2)cc1C. The van der Waals surface area contributed by atoms with Gasteiger partial charge >= 0.3 is 5.97 Å². The summed E-state index contributed by atoms with van der Waals surface area (Å²) in [5.74, 6) is -2.29. The lowest BCUT2D eigenvalue weighted by Crippen LogP contribution is -2.31.